The highest BCUT2D eigenvalue weighted by molar-refractivity contribution is 7.89. The lowest BCUT2D eigenvalue weighted by Crippen LogP contribution is -2.25. The highest BCUT2D eigenvalue weighted by atomic mass is 32.2. The quantitative estimate of drug-likeness (QED) is 0.514. The predicted octanol–water partition coefficient (Wildman–Crippen LogP) is 3.97. The molecule has 0 amide bonds. The zero-order valence-electron chi connectivity index (χ0n) is 16.7. The summed E-state index contributed by atoms with van der Waals surface area (Å²) in [5, 5.41) is 0. The molecule has 4 rings (SSSR count). The van der Waals surface area contributed by atoms with Gasteiger partial charge in [-0.3, -0.25) is 0 Å². The summed E-state index contributed by atoms with van der Waals surface area (Å²) in [5.41, 5.74) is 6.24. The van der Waals surface area contributed by atoms with Gasteiger partial charge in [0.15, 0.2) is 0 Å². The highest BCUT2D eigenvalue weighted by Crippen LogP contribution is 2.36. The van der Waals surface area contributed by atoms with E-state index in [4.69, 9.17) is 5.73 Å². The fourth-order valence-corrected chi connectivity index (χ4v) is 4.71. The molecule has 0 atom stereocenters. The van der Waals surface area contributed by atoms with Gasteiger partial charge in [-0.1, -0.05) is 24.3 Å². The molecular formula is C21H20F4N4O2S. The third-order valence-electron chi connectivity index (χ3n) is 5.06. The summed E-state index contributed by atoms with van der Waals surface area (Å²) in [6.45, 7) is -0.800. The second-order valence-corrected chi connectivity index (χ2v) is 9.21. The van der Waals surface area contributed by atoms with Crippen molar-refractivity contribution in [3.8, 4) is 11.1 Å². The van der Waals surface area contributed by atoms with E-state index in [9.17, 15) is 26.0 Å². The number of nitrogens with zero attached hydrogens (tertiary/aromatic N) is 2. The number of imidazole rings is 1. The van der Waals surface area contributed by atoms with Crippen LogP contribution in [0.5, 0.6) is 0 Å². The molecule has 0 bridgehead atoms. The fraction of sp³-hybridized carbons (Fsp3) is 0.286. The van der Waals surface area contributed by atoms with E-state index >= 15 is 0 Å². The summed E-state index contributed by atoms with van der Waals surface area (Å²) in [7, 11) is -3.66. The molecule has 6 nitrogen and oxygen atoms in total. The van der Waals surface area contributed by atoms with Gasteiger partial charge in [-0.05, 0) is 42.7 Å². The van der Waals surface area contributed by atoms with Gasteiger partial charge in [-0.2, -0.15) is 13.2 Å². The Hall–Kier alpha value is -2.76. The number of para-hydroxylation sites is 1. The lowest BCUT2D eigenvalue weighted by molar-refractivity contribution is -0.146. The van der Waals surface area contributed by atoms with Crippen LogP contribution in [0.4, 0.5) is 17.6 Å². The van der Waals surface area contributed by atoms with Crippen molar-refractivity contribution in [1.29, 1.82) is 0 Å². The van der Waals surface area contributed by atoms with Crippen molar-refractivity contribution in [3.05, 3.63) is 60.2 Å². The molecule has 0 aliphatic heterocycles. The minimum Gasteiger partial charge on any atom is -0.327 e. The first kappa shape index (κ1) is 22.4. The number of benzene rings is 2. The number of alkyl halides is 3. The summed E-state index contributed by atoms with van der Waals surface area (Å²) in [5.74, 6) is -2.03. The van der Waals surface area contributed by atoms with Crippen LogP contribution < -0.4 is 10.5 Å². The van der Waals surface area contributed by atoms with E-state index < -0.39 is 34.4 Å². The SMILES string of the molecule is NC/C=C(\F)Cn1c(C(F)(F)F)nc2c(-c3ccc(S(=O)(=O)NC4CC4)cc3)cccc21. The average Bonchev–Trinajstić information content (AvgIpc) is 3.45. The van der Waals surface area contributed by atoms with Gasteiger partial charge in [0.25, 0.3) is 0 Å². The number of hydrogen-bond acceptors (Lipinski definition) is 4. The van der Waals surface area contributed by atoms with Crippen LogP contribution in [0.2, 0.25) is 0 Å². The Balaban J connectivity index is 1.78. The van der Waals surface area contributed by atoms with E-state index in [0.29, 0.717) is 11.1 Å². The maximum Gasteiger partial charge on any atom is 0.449 e. The number of allylic oxidation sites excluding steroid dienone is 1. The van der Waals surface area contributed by atoms with Crippen LogP contribution >= 0.6 is 0 Å². The third-order valence-corrected chi connectivity index (χ3v) is 6.59. The molecule has 3 N–H and O–H groups in total. The van der Waals surface area contributed by atoms with Crippen LogP contribution in [-0.2, 0) is 22.7 Å². The molecule has 0 radical (unpaired) electrons. The molecular weight excluding hydrogens is 448 g/mol. The number of nitrogens with one attached hydrogen (secondary N) is 1. The summed E-state index contributed by atoms with van der Waals surface area (Å²) in [4.78, 5) is 3.84. The maximum atomic E-state index is 14.0. The maximum absolute atomic E-state index is 14.0. The topological polar surface area (TPSA) is 90.0 Å². The van der Waals surface area contributed by atoms with Crippen molar-refractivity contribution in [2.24, 2.45) is 5.73 Å². The van der Waals surface area contributed by atoms with Gasteiger partial charge in [0.1, 0.15) is 5.83 Å². The third kappa shape index (κ3) is 4.54. The zero-order chi connectivity index (χ0) is 23.1. The summed E-state index contributed by atoms with van der Waals surface area (Å²) in [6.07, 6.45) is -2.20. The Morgan fingerprint density at radius 1 is 1.19 bits per heavy atom. The first-order chi connectivity index (χ1) is 15.1. The highest BCUT2D eigenvalue weighted by Gasteiger charge is 2.38. The molecule has 3 aromatic rings. The summed E-state index contributed by atoms with van der Waals surface area (Å²) < 4.78 is 83.0. The van der Waals surface area contributed by atoms with E-state index in [1.165, 1.54) is 30.3 Å². The molecule has 0 spiro atoms. The molecule has 1 aliphatic carbocycles. The van der Waals surface area contributed by atoms with Crippen LogP contribution in [0, 0.1) is 0 Å². The second kappa shape index (κ2) is 8.30. The monoisotopic (exact) mass is 468 g/mol. The Morgan fingerprint density at radius 3 is 2.47 bits per heavy atom. The largest absolute Gasteiger partial charge is 0.449 e. The van der Waals surface area contributed by atoms with Crippen LogP contribution in [0.25, 0.3) is 22.2 Å². The molecule has 32 heavy (non-hydrogen) atoms. The molecule has 1 heterocycles. The Morgan fingerprint density at radius 2 is 1.88 bits per heavy atom. The first-order valence-corrected chi connectivity index (χ1v) is 11.3. The number of fused-ring (bicyclic) bond motifs is 1. The number of rotatable bonds is 7. The van der Waals surface area contributed by atoms with Gasteiger partial charge in [-0.15, -0.1) is 0 Å². The van der Waals surface area contributed by atoms with E-state index in [1.807, 2.05) is 0 Å². The number of sulfonamides is 1. The standard InChI is InChI=1S/C21H20F4N4O2S/c22-14(10-11-26)12-29-18-3-1-2-17(19(18)27-20(29)21(23,24)25)13-4-8-16(9-5-13)32(30,31)28-15-6-7-15/h1-5,8-10,15,28H,6-7,11-12,26H2/b14-10-. The van der Waals surface area contributed by atoms with Crippen molar-refractivity contribution in [2.45, 2.75) is 36.5 Å². The van der Waals surface area contributed by atoms with Crippen molar-refractivity contribution in [2.75, 3.05) is 6.54 Å². The van der Waals surface area contributed by atoms with Gasteiger partial charge in [0.2, 0.25) is 15.8 Å². The summed E-state index contributed by atoms with van der Waals surface area (Å²) in [6, 6.07) is 10.3. The van der Waals surface area contributed by atoms with E-state index in [2.05, 4.69) is 9.71 Å². The Labute approximate surface area is 181 Å². The van der Waals surface area contributed by atoms with Gasteiger partial charge >= 0.3 is 6.18 Å². The van der Waals surface area contributed by atoms with Crippen LogP contribution in [0.3, 0.4) is 0 Å². The lowest BCUT2D eigenvalue weighted by Gasteiger charge is -2.10. The Bertz CT molecular complexity index is 1280. The second-order valence-electron chi connectivity index (χ2n) is 7.50. The lowest BCUT2D eigenvalue weighted by atomic mass is 10.0. The van der Waals surface area contributed by atoms with Gasteiger partial charge in [-0.25, -0.2) is 22.5 Å². The fourth-order valence-electron chi connectivity index (χ4n) is 3.40. The molecule has 1 aliphatic rings. The van der Waals surface area contributed by atoms with E-state index in [-0.39, 0.29) is 28.5 Å². The number of halogens is 4. The van der Waals surface area contributed by atoms with Crippen LogP contribution in [-0.4, -0.2) is 30.6 Å². The van der Waals surface area contributed by atoms with Crippen molar-refractivity contribution >= 4 is 21.1 Å². The van der Waals surface area contributed by atoms with E-state index in [1.54, 1.807) is 12.1 Å². The molecule has 2 aromatic carbocycles. The van der Waals surface area contributed by atoms with Gasteiger partial charge in [0, 0.05) is 18.2 Å². The number of nitrogens with two attached hydrogens (primary N) is 1. The number of hydrogen-bond donors (Lipinski definition) is 2. The van der Waals surface area contributed by atoms with E-state index in [0.717, 1.165) is 23.5 Å². The van der Waals surface area contributed by atoms with Crippen LogP contribution in [0.1, 0.15) is 18.7 Å². The molecule has 1 fully saturated rings. The molecule has 170 valence electrons. The summed E-state index contributed by atoms with van der Waals surface area (Å²) >= 11 is 0. The predicted molar refractivity (Wildman–Crippen MR) is 112 cm³/mol. The molecule has 1 saturated carbocycles. The molecule has 0 unspecified atom stereocenters. The Kier molecular flexibility index (Phi) is 5.82. The molecule has 0 saturated heterocycles. The molecule has 1 aromatic heterocycles. The van der Waals surface area contributed by atoms with Crippen LogP contribution in [0.15, 0.2) is 59.3 Å². The minimum absolute atomic E-state index is 0.0343. The van der Waals surface area contributed by atoms with Crippen molar-refractivity contribution < 1.29 is 26.0 Å². The smallest absolute Gasteiger partial charge is 0.327 e. The number of aromatic nitrogens is 2. The average molecular weight is 468 g/mol. The first-order valence-electron chi connectivity index (χ1n) is 9.84. The zero-order valence-corrected chi connectivity index (χ0v) is 17.5. The molecule has 11 heteroatoms. The van der Waals surface area contributed by atoms with Crippen molar-refractivity contribution in [3.63, 3.8) is 0 Å². The van der Waals surface area contributed by atoms with Gasteiger partial charge < -0.3 is 10.3 Å². The minimum atomic E-state index is -4.80. The normalized spacial score (nSPS) is 15.5. The van der Waals surface area contributed by atoms with Gasteiger partial charge in [0.05, 0.1) is 22.5 Å². The van der Waals surface area contributed by atoms with Crippen molar-refractivity contribution in [1.82, 2.24) is 14.3 Å².